The highest BCUT2D eigenvalue weighted by molar-refractivity contribution is 5.94. The number of rotatable bonds is 7. The average Bonchev–Trinajstić information content (AvgIpc) is 3.31. The Morgan fingerprint density at radius 2 is 2.02 bits per heavy atom. The summed E-state index contributed by atoms with van der Waals surface area (Å²) in [6.07, 6.45) is -0.793. The van der Waals surface area contributed by atoms with Crippen LogP contribution >= 0.6 is 0 Å². The second kappa shape index (κ2) is 12.8. The molecule has 2 N–H and O–H groups in total. The van der Waals surface area contributed by atoms with Gasteiger partial charge in [0.25, 0.3) is 11.5 Å². The number of pyridine rings is 1. The van der Waals surface area contributed by atoms with Crippen LogP contribution in [0.1, 0.15) is 29.7 Å². The van der Waals surface area contributed by atoms with Gasteiger partial charge in [0.1, 0.15) is 17.5 Å². The van der Waals surface area contributed by atoms with Crippen LogP contribution in [0.25, 0.3) is 11.0 Å². The molecule has 14 heteroatoms. The highest BCUT2D eigenvalue weighted by Gasteiger charge is 2.30. The van der Waals surface area contributed by atoms with Gasteiger partial charge in [0, 0.05) is 62.6 Å². The minimum atomic E-state index is -4.47. The lowest BCUT2D eigenvalue weighted by molar-refractivity contribution is -0.127. The number of anilines is 2. The molecule has 1 amide bonds. The number of piperidine rings is 1. The Kier molecular flexibility index (Phi) is 8.86. The standard InChI is InChI=1S/C30H31F3N8O3/c1-39(2)26(42)11-6-19-13-20-15-35-29(36-22-7-9-23(10-8-22)44-24-5-4-12-34-16-24)37-27(20)41(28(19)43)18-25-21(14-30(31,32)33)17-40(3)38-25/h7-10,13,15,17,24,34H,4-5,12,14,16,18H2,1-3H3,(H,35,36,37). The lowest BCUT2D eigenvalue weighted by atomic mass is 10.1. The van der Waals surface area contributed by atoms with Crippen molar-refractivity contribution in [3.8, 4) is 17.6 Å². The fraction of sp³-hybridized carbons (Fsp3) is 0.367. The Morgan fingerprint density at radius 1 is 1.25 bits per heavy atom. The van der Waals surface area contributed by atoms with Crippen LogP contribution < -0.4 is 20.9 Å². The molecule has 3 aromatic heterocycles. The summed E-state index contributed by atoms with van der Waals surface area (Å²) in [7, 11) is 4.55. The highest BCUT2D eigenvalue weighted by atomic mass is 19.4. The van der Waals surface area contributed by atoms with Gasteiger partial charge in [0.15, 0.2) is 0 Å². The summed E-state index contributed by atoms with van der Waals surface area (Å²) < 4.78 is 48.4. The molecule has 5 rings (SSSR count). The zero-order valence-electron chi connectivity index (χ0n) is 24.4. The number of carbonyl (C=O) groups is 1. The predicted octanol–water partition coefficient (Wildman–Crippen LogP) is 2.99. The molecular weight excluding hydrogens is 577 g/mol. The van der Waals surface area contributed by atoms with Gasteiger partial charge in [0.2, 0.25) is 5.95 Å². The molecule has 4 aromatic rings. The summed E-state index contributed by atoms with van der Waals surface area (Å²) in [5.74, 6) is 5.37. The number of aromatic nitrogens is 5. The molecule has 1 saturated heterocycles. The third-order valence-electron chi connectivity index (χ3n) is 6.89. The number of hydrogen-bond donors (Lipinski definition) is 2. The molecule has 11 nitrogen and oxygen atoms in total. The first-order valence-electron chi connectivity index (χ1n) is 13.9. The van der Waals surface area contributed by atoms with Gasteiger partial charge in [-0.2, -0.15) is 23.3 Å². The normalized spacial score (nSPS) is 15.0. The van der Waals surface area contributed by atoms with E-state index in [1.165, 1.54) is 53.8 Å². The highest BCUT2D eigenvalue weighted by Crippen LogP contribution is 2.25. The van der Waals surface area contributed by atoms with E-state index < -0.39 is 24.1 Å². The van der Waals surface area contributed by atoms with E-state index in [0.29, 0.717) is 11.1 Å². The lowest BCUT2D eigenvalue weighted by Crippen LogP contribution is -2.37. The Balaban J connectivity index is 1.50. The van der Waals surface area contributed by atoms with Crippen LogP contribution in [-0.2, 0) is 24.8 Å². The first-order valence-corrected chi connectivity index (χ1v) is 13.9. The number of alkyl halides is 3. The van der Waals surface area contributed by atoms with Crippen LogP contribution in [0.15, 0.2) is 47.5 Å². The van der Waals surface area contributed by atoms with E-state index in [0.717, 1.165) is 31.7 Å². The van der Waals surface area contributed by atoms with Crippen LogP contribution in [0.5, 0.6) is 5.75 Å². The largest absolute Gasteiger partial charge is 0.489 e. The molecule has 1 atom stereocenters. The summed E-state index contributed by atoms with van der Waals surface area (Å²) in [6, 6.07) is 8.73. The van der Waals surface area contributed by atoms with Crippen molar-refractivity contribution >= 4 is 28.6 Å². The Morgan fingerprint density at radius 3 is 2.70 bits per heavy atom. The van der Waals surface area contributed by atoms with Gasteiger partial charge in [-0.3, -0.25) is 18.8 Å². The first-order chi connectivity index (χ1) is 20.9. The van der Waals surface area contributed by atoms with Gasteiger partial charge >= 0.3 is 6.18 Å². The zero-order chi connectivity index (χ0) is 31.4. The molecule has 0 aliphatic carbocycles. The van der Waals surface area contributed by atoms with Crippen LogP contribution in [0, 0.1) is 11.8 Å². The van der Waals surface area contributed by atoms with Crippen LogP contribution in [0.4, 0.5) is 24.8 Å². The number of hydrogen-bond acceptors (Lipinski definition) is 8. The fourth-order valence-corrected chi connectivity index (χ4v) is 4.78. The predicted molar refractivity (Wildman–Crippen MR) is 158 cm³/mol. The molecule has 0 saturated carbocycles. The number of nitrogens with one attached hydrogen (secondary N) is 2. The monoisotopic (exact) mass is 608 g/mol. The first kappa shape index (κ1) is 30.6. The van der Waals surface area contributed by atoms with Crippen molar-refractivity contribution in [2.24, 2.45) is 7.05 Å². The molecule has 1 fully saturated rings. The molecular formula is C30H31F3N8O3. The minimum absolute atomic E-state index is 0.0333. The van der Waals surface area contributed by atoms with E-state index in [2.05, 4.69) is 37.5 Å². The number of benzene rings is 1. The van der Waals surface area contributed by atoms with Gasteiger partial charge in [-0.1, -0.05) is 5.92 Å². The summed E-state index contributed by atoms with van der Waals surface area (Å²) in [6.45, 7) is 1.48. The molecule has 0 spiro atoms. The molecule has 1 unspecified atom stereocenters. The third-order valence-corrected chi connectivity index (χ3v) is 6.89. The van der Waals surface area contributed by atoms with Crippen molar-refractivity contribution in [3.63, 3.8) is 0 Å². The van der Waals surface area contributed by atoms with Gasteiger partial charge in [-0.25, -0.2) is 4.98 Å². The smallest absolute Gasteiger partial charge is 0.393 e. The van der Waals surface area contributed by atoms with E-state index in [4.69, 9.17) is 4.74 Å². The molecule has 0 radical (unpaired) electrons. The molecule has 44 heavy (non-hydrogen) atoms. The SMILES string of the molecule is CN(C)C(=O)C#Cc1cc2cnc(Nc3ccc(OC4CCCNC4)cc3)nc2n(Cc2nn(C)cc2CC(F)(F)F)c1=O. The summed E-state index contributed by atoms with van der Waals surface area (Å²) in [5, 5.41) is 11.0. The van der Waals surface area contributed by atoms with Crippen LogP contribution in [0.2, 0.25) is 0 Å². The van der Waals surface area contributed by atoms with Gasteiger partial charge in [-0.05, 0) is 49.7 Å². The van der Waals surface area contributed by atoms with Crippen molar-refractivity contribution in [2.75, 3.05) is 32.5 Å². The molecule has 1 aliphatic rings. The topological polar surface area (TPSA) is 119 Å². The van der Waals surface area contributed by atoms with E-state index in [1.54, 1.807) is 0 Å². The molecule has 4 heterocycles. The fourth-order valence-electron chi connectivity index (χ4n) is 4.78. The van der Waals surface area contributed by atoms with Gasteiger partial charge < -0.3 is 20.3 Å². The Labute approximate surface area is 251 Å². The minimum Gasteiger partial charge on any atom is -0.489 e. The second-order valence-electron chi connectivity index (χ2n) is 10.7. The summed E-state index contributed by atoms with van der Waals surface area (Å²) in [5.41, 5.74) is 0.134. The lowest BCUT2D eigenvalue weighted by Gasteiger charge is -2.24. The summed E-state index contributed by atoms with van der Waals surface area (Å²) >= 11 is 0. The quantitative estimate of drug-likeness (QED) is 0.308. The number of carbonyl (C=O) groups excluding carboxylic acids is 1. The molecule has 1 aliphatic heterocycles. The Bertz CT molecular complexity index is 1780. The molecule has 1 aromatic carbocycles. The van der Waals surface area contributed by atoms with Crippen molar-refractivity contribution in [3.05, 3.63) is 69.9 Å². The maximum absolute atomic E-state index is 13.6. The molecule has 0 bridgehead atoms. The average molecular weight is 609 g/mol. The van der Waals surface area contributed by atoms with Crippen molar-refractivity contribution in [2.45, 2.75) is 38.1 Å². The third kappa shape index (κ3) is 7.54. The maximum Gasteiger partial charge on any atom is 0.393 e. The maximum atomic E-state index is 13.6. The van der Waals surface area contributed by atoms with Crippen LogP contribution in [-0.4, -0.2) is 74.6 Å². The van der Waals surface area contributed by atoms with Crippen LogP contribution in [0.3, 0.4) is 0 Å². The van der Waals surface area contributed by atoms with Crippen molar-refractivity contribution in [1.82, 2.24) is 34.5 Å². The van der Waals surface area contributed by atoms with Crippen molar-refractivity contribution in [1.29, 1.82) is 0 Å². The number of amides is 1. The van der Waals surface area contributed by atoms with Gasteiger partial charge in [-0.15, -0.1) is 0 Å². The van der Waals surface area contributed by atoms with E-state index >= 15 is 0 Å². The van der Waals surface area contributed by atoms with Crippen molar-refractivity contribution < 1.29 is 22.7 Å². The number of nitrogens with zero attached hydrogens (tertiary/aromatic N) is 6. The number of ether oxygens (including phenoxy) is 1. The number of halogens is 3. The molecule has 230 valence electrons. The number of fused-ring (bicyclic) bond motifs is 1. The van der Waals surface area contributed by atoms with E-state index in [-0.39, 0.29) is 41.1 Å². The zero-order valence-corrected chi connectivity index (χ0v) is 24.4. The van der Waals surface area contributed by atoms with E-state index in [9.17, 15) is 22.8 Å². The number of aryl methyl sites for hydroxylation is 1. The Hall–Kier alpha value is -4.90. The van der Waals surface area contributed by atoms with E-state index in [1.807, 2.05) is 24.3 Å². The second-order valence-corrected chi connectivity index (χ2v) is 10.7. The summed E-state index contributed by atoms with van der Waals surface area (Å²) in [4.78, 5) is 35.9. The van der Waals surface area contributed by atoms with Gasteiger partial charge in [0.05, 0.1) is 24.2 Å².